The Hall–Kier alpha value is -4.49. The Morgan fingerprint density at radius 3 is 2.14 bits per heavy atom. The third kappa shape index (κ3) is 11.4. The number of likely N-dealkylation sites (tertiary alicyclic amines) is 1. The number of hydrogen-bond donors (Lipinski definition) is 3. The van der Waals surface area contributed by atoms with Gasteiger partial charge in [-0.2, -0.15) is 0 Å². The molecular formula is C44H68N6O8. The molecule has 3 N–H and O–H groups in total. The fourth-order valence-electron chi connectivity index (χ4n) is 8.71. The van der Waals surface area contributed by atoms with Gasteiger partial charge in [-0.15, -0.1) is 0 Å². The number of nitrogens with one attached hydrogen (secondary N) is 3. The van der Waals surface area contributed by atoms with Crippen LogP contribution >= 0.6 is 0 Å². The van der Waals surface area contributed by atoms with Crippen LogP contribution in [0.15, 0.2) is 30.3 Å². The number of benzene rings is 1. The van der Waals surface area contributed by atoms with Crippen LogP contribution in [0.3, 0.4) is 0 Å². The summed E-state index contributed by atoms with van der Waals surface area (Å²) in [6.45, 7) is 15.6. The van der Waals surface area contributed by atoms with E-state index in [-0.39, 0.29) is 47.3 Å². The molecule has 2 saturated carbocycles. The molecule has 3 fully saturated rings. The Morgan fingerprint density at radius 1 is 0.931 bits per heavy atom. The Labute approximate surface area is 344 Å². The number of rotatable bonds is 17. The summed E-state index contributed by atoms with van der Waals surface area (Å²) in [5, 5.41) is 7.84. The van der Waals surface area contributed by atoms with E-state index >= 15 is 4.79 Å². The van der Waals surface area contributed by atoms with Gasteiger partial charge in [0.25, 0.3) is 5.91 Å². The lowest BCUT2D eigenvalue weighted by Gasteiger charge is -2.42. The van der Waals surface area contributed by atoms with E-state index in [1.54, 1.807) is 75.0 Å². The highest BCUT2D eigenvalue weighted by molar-refractivity contribution is 6.38. The Balaban J connectivity index is 1.53. The number of carbonyl (C=O) groups excluding carboxylic acids is 7. The summed E-state index contributed by atoms with van der Waals surface area (Å²) in [6, 6.07) is 4.75. The maximum Gasteiger partial charge on any atom is 0.410 e. The van der Waals surface area contributed by atoms with Gasteiger partial charge in [-0.25, -0.2) is 4.79 Å². The van der Waals surface area contributed by atoms with Crippen molar-refractivity contribution in [2.24, 2.45) is 29.1 Å². The van der Waals surface area contributed by atoms with Gasteiger partial charge in [0.2, 0.25) is 29.4 Å². The molecule has 0 aromatic heterocycles. The van der Waals surface area contributed by atoms with E-state index < -0.39 is 65.9 Å². The first-order chi connectivity index (χ1) is 27.2. The SMILES string of the molecule is CCCC(NC(=O)[C@@H]1C2C(CN1C(=O)[C@H](C1CCCCC1)N(CCC(C)C)C(=O)OC(C)(C)C)C2(C)C)C(=O)C(=O)NCC(=O)N[C@H](C(=O)N(C)C)c1ccccc1. The molecule has 1 saturated heterocycles. The van der Waals surface area contributed by atoms with E-state index in [4.69, 9.17) is 4.74 Å². The number of carbonyl (C=O) groups is 7. The van der Waals surface area contributed by atoms with Crippen molar-refractivity contribution in [3.05, 3.63) is 35.9 Å². The molecule has 58 heavy (non-hydrogen) atoms. The van der Waals surface area contributed by atoms with Crippen molar-refractivity contribution in [2.75, 3.05) is 33.7 Å². The first-order valence-corrected chi connectivity index (χ1v) is 21.2. The minimum Gasteiger partial charge on any atom is -0.444 e. The van der Waals surface area contributed by atoms with Crippen molar-refractivity contribution in [3.63, 3.8) is 0 Å². The fraction of sp³-hybridized carbons (Fsp3) is 0.705. The topological polar surface area (TPSA) is 175 Å². The molecule has 1 heterocycles. The molecule has 322 valence electrons. The van der Waals surface area contributed by atoms with Gasteiger partial charge in [-0.3, -0.25) is 33.7 Å². The van der Waals surface area contributed by atoms with Crippen LogP contribution in [0.5, 0.6) is 0 Å². The van der Waals surface area contributed by atoms with Gasteiger partial charge in [-0.1, -0.05) is 90.6 Å². The lowest BCUT2D eigenvalue weighted by Crippen LogP contribution is -2.61. The van der Waals surface area contributed by atoms with Gasteiger partial charge in [0.05, 0.1) is 12.6 Å². The summed E-state index contributed by atoms with van der Waals surface area (Å²) in [6.07, 6.45) is 5.23. The van der Waals surface area contributed by atoms with Crippen LogP contribution in [0, 0.1) is 29.1 Å². The van der Waals surface area contributed by atoms with Crippen LogP contribution in [0.1, 0.15) is 118 Å². The van der Waals surface area contributed by atoms with Gasteiger partial charge in [0.15, 0.2) is 0 Å². The minimum absolute atomic E-state index is 0.0473. The molecule has 3 unspecified atom stereocenters. The second-order valence-corrected chi connectivity index (χ2v) is 18.6. The van der Waals surface area contributed by atoms with E-state index in [1.807, 2.05) is 6.92 Å². The third-order valence-corrected chi connectivity index (χ3v) is 12.0. The maximum absolute atomic E-state index is 15.0. The molecule has 6 atom stereocenters. The lowest BCUT2D eigenvalue weighted by atomic mass is 9.82. The molecule has 6 amide bonds. The number of likely N-dealkylation sites (N-methyl/N-ethyl adjacent to an activating group) is 1. The first kappa shape index (κ1) is 46.2. The molecule has 0 radical (unpaired) electrons. The van der Waals surface area contributed by atoms with Crippen molar-refractivity contribution in [3.8, 4) is 0 Å². The van der Waals surface area contributed by atoms with Crippen LogP contribution in [0.25, 0.3) is 0 Å². The number of piperidine rings is 1. The summed E-state index contributed by atoms with van der Waals surface area (Å²) < 4.78 is 5.90. The van der Waals surface area contributed by atoms with Gasteiger partial charge in [0, 0.05) is 27.2 Å². The molecular weight excluding hydrogens is 741 g/mol. The highest BCUT2D eigenvalue weighted by atomic mass is 16.6. The van der Waals surface area contributed by atoms with E-state index in [0.29, 0.717) is 31.5 Å². The van der Waals surface area contributed by atoms with E-state index in [2.05, 4.69) is 43.6 Å². The summed E-state index contributed by atoms with van der Waals surface area (Å²) in [7, 11) is 3.14. The van der Waals surface area contributed by atoms with Crippen LogP contribution in [0.4, 0.5) is 4.79 Å². The zero-order valence-electron chi connectivity index (χ0n) is 36.4. The summed E-state index contributed by atoms with van der Waals surface area (Å²) >= 11 is 0. The maximum atomic E-state index is 15.0. The molecule has 14 nitrogen and oxygen atoms in total. The quantitative estimate of drug-likeness (QED) is 0.191. The Morgan fingerprint density at radius 2 is 1.57 bits per heavy atom. The predicted molar refractivity (Wildman–Crippen MR) is 220 cm³/mol. The number of amides is 6. The van der Waals surface area contributed by atoms with Gasteiger partial charge < -0.3 is 30.5 Å². The minimum atomic E-state index is -1.20. The van der Waals surface area contributed by atoms with Crippen LogP contribution < -0.4 is 16.0 Å². The van der Waals surface area contributed by atoms with Crippen molar-refractivity contribution < 1.29 is 38.3 Å². The second kappa shape index (κ2) is 19.5. The predicted octanol–water partition coefficient (Wildman–Crippen LogP) is 4.62. The number of Topliss-reactive ketones (excluding diaryl/α,β-unsaturated/α-hetero) is 1. The summed E-state index contributed by atoms with van der Waals surface area (Å²) in [4.78, 5) is 101. The van der Waals surface area contributed by atoms with E-state index in [1.165, 1.54) is 4.90 Å². The standard InChI is InChI=1S/C44H68N6O8/c1-11-18-31(37(52)39(54)45-25-32(51)47-34(40(55)48(9)10)28-19-14-12-15-20-28)46-38(53)36-33-30(44(33,7)8)26-50(36)41(56)35(29-21-16-13-17-22-29)49(24-23-27(2)3)42(57)58-43(4,5)6/h12,14-15,19-20,27,29-31,33-36H,11,13,16-18,21-26H2,1-10H3,(H,45,54)(H,46,53)(H,47,51)/t30?,31?,33?,34-,35-,36-/m0/s1. The molecule has 4 rings (SSSR count). The molecule has 1 aliphatic heterocycles. The van der Waals surface area contributed by atoms with E-state index in [9.17, 15) is 28.8 Å². The molecule has 1 aromatic carbocycles. The van der Waals surface area contributed by atoms with Crippen LogP contribution in [-0.2, 0) is 33.5 Å². The average molecular weight is 809 g/mol. The van der Waals surface area contributed by atoms with Crippen molar-refractivity contribution >= 4 is 41.4 Å². The highest BCUT2D eigenvalue weighted by Crippen LogP contribution is 2.65. The first-order valence-electron chi connectivity index (χ1n) is 21.2. The number of nitrogens with zero attached hydrogens (tertiary/aromatic N) is 3. The van der Waals surface area contributed by atoms with Crippen molar-refractivity contribution in [2.45, 2.75) is 137 Å². The number of ether oxygens (including phenoxy) is 1. The summed E-state index contributed by atoms with van der Waals surface area (Å²) in [5.74, 6) is -3.78. The van der Waals surface area contributed by atoms with Crippen molar-refractivity contribution in [1.82, 2.24) is 30.7 Å². The monoisotopic (exact) mass is 809 g/mol. The molecule has 2 aliphatic carbocycles. The highest BCUT2D eigenvalue weighted by Gasteiger charge is 2.70. The van der Waals surface area contributed by atoms with Crippen LogP contribution in [-0.4, -0.2) is 114 Å². The zero-order valence-corrected chi connectivity index (χ0v) is 36.4. The number of ketones is 1. The zero-order chi connectivity index (χ0) is 43.1. The van der Waals surface area contributed by atoms with E-state index in [0.717, 1.165) is 32.1 Å². The average Bonchev–Trinajstić information content (AvgIpc) is 3.46. The molecule has 3 aliphatic rings. The molecule has 0 spiro atoms. The molecule has 0 bridgehead atoms. The van der Waals surface area contributed by atoms with Gasteiger partial charge >= 0.3 is 6.09 Å². The normalized spacial score (nSPS) is 21.5. The number of fused-ring (bicyclic) bond motifs is 1. The Kier molecular flexibility index (Phi) is 15.5. The molecule has 1 aromatic rings. The molecule has 14 heteroatoms. The van der Waals surface area contributed by atoms with Crippen LogP contribution in [0.2, 0.25) is 0 Å². The smallest absolute Gasteiger partial charge is 0.410 e. The summed E-state index contributed by atoms with van der Waals surface area (Å²) in [5.41, 5.74) is -0.453. The largest absolute Gasteiger partial charge is 0.444 e. The lowest BCUT2D eigenvalue weighted by molar-refractivity contribution is -0.147. The fourth-order valence-corrected chi connectivity index (χ4v) is 8.71. The van der Waals surface area contributed by atoms with Gasteiger partial charge in [0.1, 0.15) is 23.7 Å². The van der Waals surface area contributed by atoms with Gasteiger partial charge in [-0.05, 0) is 81.1 Å². The second-order valence-electron chi connectivity index (χ2n) is 18.6. The van der Waals surface area contributed by atoms with Crippen molar-refractivity contribution in [1.29, 1.82) is 0 Å². The number of hydrogen-bond acceptors (Lipinski definition) is 8. The third-order valence-electron chi connectivity index (χ3n) is 12.0. The Bertz CT molecular complexity index is 1650.